The van der Waals surface area contributed by atoms with Crippen LogP contribution in [0, 0.1) is 13.8 Å². The van der Waals surface area contributed by atoms with Gasteiger partial charge in [0, 0.05) is 22.2 Å². The molecular formula is C22H22Cl2N4O4S3. The van der Waals surface area contributed by atoms with Crippen molar-refractivity contribution >= 4 is 81.3 Å². The lowest BCUT2D eigenvalue weighted by Crippen LogP contribution is -2.14. The van der Waals surface area contributed by atoms with Crippen molar-refractivity contribution in [3.05, 3.63) is 45.4 Å². The van der Waals surface area contributed by atoms with Crippen LogP contribution < -0.4 is 20.1 Å². The first-order valence-corrected chi connectivity index (χ1v) is 13.6. The van der Waals surface area contributed by atoms with E-state index in [1.54, 1.807) is 24.3 Å². The van der Waals surface area contributed by atoms with Gasteiger partial charge in [-0.25, -0.2) is 0 Å². The number of methoxy groups -OCH3 is 2. The van der Waals surface area contributed by atoms with Crippen LogP contribution in [0.2, 0.25) is 10.0 Å². The number of nitrogens with one attached hydrogen (secondary N) is 2. The van der Waals surface area contributed by atoms with Crippen molar-refractivity contribution in [1.82, 2.24) is 10.2 Å². The third-order valence-corrected chi connectivity index (χ3v) is 8.56. The summed E-state index contributed by atoms with van der Waals surface area (Å²) in [6.45, 7) is 3.69. The first-order chi connectivity index (χ1) is 16.7. The van der Waals surface area contributed by atoms with Crippen LogP contribution in [0.4, 0.5) is 11.4 Å². The minimum Gasteiger partial charge on any atom is -0.495 e. The minimum absolute atomic E-state index is 0.139. The third kappa shape index (κ3) is 7.65. The molecule has 0 fully saturated rings. The zero-order valence-corrected chi connectivity index (χ0v) is 23.2. The van der Waals surface area contributed by atoms with Gasteiger partial charge in [0.1, 0.15) is 11.5 Å². The summed E-state index contributed by atoms with van der Waals surface area (Å²) in [4.78, 5) is 24.8. The Morgan fingerprint density at radius 3 is 1.60 bits per heavy atom. The molecule has 0 bridgehead atoms. The summed E-state index contributed by atoms with van der Waals surface area (Å²) in [6, 6.07) is 6.84. The van der Waals surface area contributed by atoms with E-state index in [9.17, 15) is 9.59 Å². The number of carbonyl (C=O) groups is 2. The van der Waals surface area contributed by atoms with E-state index in [0.29, 0.717) is 41.6 Å². The second kappa shape index (κ2) is 12.7. The number of anilines is 2. The van der Waals surface area contributed by atoms with Gasteiger partial charge >= 0.3 is 0 Å². The van der Waals surface area contributed by atoms with Gasteiger partial charge < -0.3 is 20.1 Å². The van der Waals surface area contributed by atoms with E-state index in [1.807, 2.05) is 13.8 Å². The molecule has 0 aliphatic heterocycles. The fraction of sp³-hybridized carbons (Fsp3) is 0.273. The number of hydrogen-bond acceptors (Lipinski definition) is 9. The number of nitrogens with zero attached hydrogens (tertiary/aromatic N) is 2. The molecule has 186 valence electrons. The lowest BCUT2D eigenvalue weighted by atomic mass is 10.2. The molecule has 3 rings (SSSR count). The monoisotopic (exact) mass is 572 g/mol. The molecule has 0 radical (unpaired) electrons. The van der Waals surface area contributed by atoms with Gasteiger partial charge in [0.05, 0.1) is 37.1 Å². The molecule has 0 aliphatic rings. The predicted octanol–water partition coefficient (Wildman–Crippen LogP) is 5.94. The summed E-state index contributed by atoms with van der Waals surface area (Å²) < 4.78 is 11.8. The molecule has 3 aromatic rings. The fourth-order valence-corrected chi connectivity index (χ4v) is 5.73. The van der Waals surface area contributed by atoms with Gasteiger partial charge in [0.25, 0.3) is 0 Å². The van der Waals surface area contributed by atoms with Crippen molar-refractivity contribution in [3.8, 4) is 11.5 Å². The zero-order valence-electron chi connectivity index (χ0n) is 19.2. The smallest absolute Gasteiger partial charge is 0.234 e. The minimum atomic E-state index is -0.217. The van der Waals surface area contributed by atoms with Gasteiger partial charge in [-0.15, -0.1) is 10.2 Å². The number of ether oxygens (including phenoxy) is 2. The summed E-state index contributed by atoms with van der Waals surface area (Å²) in [5.41, 5.74) is 2.75. The molecule has 2 aromatic carbocycles. The highest BCUT2D eigenvalue weighted by atomic mass is 35.5. The first-order valence-electron chi connectivity index (χ1n) is 10.1. The zero-order chi connectivity index (χ0) is 25.5. The molecule has 1 heterocycles. The van der Waals surface area contributed by atoms with E-state index in [4.69, 9.17) is 32.7 Å². The second-order valence-corrected chi connectivity index (χ2v) is 11.3. The number of rotatable bonds is 10. The quantitative estimate of drug-likeness (QED) is 0.288. The highest BCUT2D eigenvalue weighted by Gasteiger charge is 2.15. The molecule has 8 nitrogen and oxygen atoms in total. The molecule has 0 atom stereocenters. The van der Waals surface area contributed by atoms with E-state index >= 15 is 0 Å². The van der Waals surface area contributed by atoms with Crippen molar-refractivity contribution in [1.29, 1.82) is 0 Å². The van der Waals surface area contributed by atoms with Gasteiger partial charge in [-0.2, -0.15) is 0 Å². The highest BCUT2D eigenvalue weighted by Crippen LogP contribution is 2.33. The van der Waals surface area contributed by atoms with E-state index in [2.05, 4.69) is 20.8 Å². The second-order valence-electron chi connectivity index (χ2n) is 7.11. The average Bonchev–Trinajstić information content (AvgIpc) is 3.28. The van der Waals surface area contributed by atoms with Gasteiger partial charge in [-0.1, -0.05) is 58.1 Å². The van der Waals surface area contributed by atoms with Gasteiger partial charge in [-0.05, 0) is 37.1 Å². The topological polar surface area (TPSA) is 102 Å². The van der Waals surface area contributed by atoms with Crippen LogP contribution in [0.1, 0.15) is 11.1 Å². The molecule has 0 saturated heterocycles. The number of aromatic nitrogens is 2. The SMILES string of the molecule is COc1cc(Cl)c(C)cc1NC(=O)CSc1nnc(SCC(=O)Nc2cc(C)c(Cl)cc2OC)s1. The number of aryl methyl sites for hydroxylation is 2. The Kier molecular flexibility index (Phi) is 9.93. The molecule has 1 aromatic heterocycles. The van der Waals surface area contributed by atoms with Crippen molar-refractivity contribution in [2.24, 2.45) is 0 Å². The van der Waals surface area contributed by atoms with Crippen molar-refractivity contribution in [2.45, 2.75) is 22.5 Å². The molecule has 0 spiro atoms. The van der Waals surface area contributed by atoms with Crippen LogP contribution >= 0.6 is 58.1 Å². The molecule has 35 heavy (non-hydrogen) atoms. The molecule has 0 aliphatic carbocycles. The Balaban J connectivity index is 1.49. The van der Waals surface area contributed by atoms with E-state index in [1.165, 1.54) is 49.1 Å². The normalized spacial score (nSPS) is 10.7. The Bertz CT molecular complexity index is 1150. The van der Waals surface area contributed by atoms with Crippen molar-refractivity contribution in [3.63, 3.8) is 0 Å². The van der Waals surface area contributed by atoms with Crippen molar-refractivity contribution in [2.75, 3.05) is 36.4 Å². The number of thioether (sulfide) groups is 2. The van der Waals surface area contributed by atoms with E-state index in [0.717, 1.165) is 11.1 Å². The van der Waals surface area contributed by atoms with Gasteiger partial charge in [0.2, 0.25) is 11.8 Å². The Labute approximate surface area is 225 Å². The van der Waals surface area contributed by atoms with Crippen LogP contribution in [0.3, 0.4) is 0 Å². The lowest BCUT2D eigenvalue weighted by molar-refractivity contribution is -0.114. The molecule has 2 amide bonds. The largest absolute Gasteiger partial charge is 0.495 e. The summed E-state index contributed by atoms with van der Waals surface area (Å²) in [7, 11) is 3.03. The molecule has 13 heteroatoms. The molecule has 0 saturated carbocycles. The van der Waals surface area contributed by atoms with Crippen LogP contribution in [0.5, 0.6) is 11.5 Å². The molecular weight excluding hydrogens is 551 g/mol. The number of benzene rings is 2. The third-order valence-electron chi connectivity index (χ3n) is 4.55. The van der Waals surface area contributed by atoms with Crippen LogP contribution in [0.25, 0.3) is 0 Å². The summed E-state index contributed by atoms with van der Waals surface area (Å²) in [5.74, 6) is 0.814. The number of hydrogen-bond donors (Lipinski definition) is 2. The molecule has 2 N–H and O–H groups in total. The first kappa shape index (κ1) is 27.4. The van der Waals surface area contributed by atoms with Gasteiger partial charge in [-0.3, -0.25) is 9.59 Å². The number of carbonyl (C=O) groups excluding carboxylic acids is 2. The summed E-state index contributed by atoms with van der Waals surface area (Å²) in [6.07, 6.45) is 0. The number of halogens is 2. The summed E-state index contributed by atoms with van der Waals surface area (Å²) in [5, 5.41) is 14.9. The van der Waals surface area contributed by atoms with Crippen LogP contribution in [-0.4, -0.2) is 47.7 Å². The highest BCUT2D eigenvalue weighted by molar-refractivity contribution is 8.03. The maximum Gasteiger partial charge on any atom is 0.234 e. The Hall–Kier alpha value is -2.18. The molecule has 0 unspecified atom stereocenters. The van der Waals surface area contributed by atoms with Gasteiger partial charge in [0.15, 0.2) is 8.68 Å². The predicted molar refractivity (Wildman–Crippen MR) is 144 cm³/mol. The Morgan fingerprint density at radius 1 is 0.829 bits per heavy atom. The lowest BCUT2D eigenvalue weighted by Gasteiger charge is -2.12. The van der Waals surface area contributed by atoms with Crippen LogP contribution in [0.15, 0.2) is 32.9 Å². The maximum atomic E-state index is 12.4. The van der Waals surface area contributed by atoms with E-state index < -0.39 is 0 Å². The fourth-order valence-electron chi connectivity index (χ4n) is 2.80. The average molecular weight is 574 g/mol. The van der Waals surface area contributed by atoms with Crippen LogP contribution in [-0.2, 0) is 9.59 Å². The Morgan fingerprint density at radius 2 is 1.23 bits per heavy atom. The van der Waals surface area contributed by atoms with E-state index in [-0.39, 0.29) is 23.3 Å². The maximum absolute atomic E-state index is 12.4. The standard InChI is InChI=1S/C22H22Cl2N4O4S3/c1-11-5-15(17(31-3)7-13(11)23)25-19(29)9-33-21-27-28-22(35-21)34-10-20(30)26-16-6-12(2)14(24)8-18(16)32-4/h5-8H,9-10H2,1-4H3,(H,25,29)(H,26,30). The van der Waals surface area contributed by atoms with Crippen molar-refractivity contribution < 1.29 is 19.1 Å². The number of amides is 2. The summed E-state index contributed by atoms with van der Waals surface area (Å²) >= 11 is 16.0.